The molecule has 1 aliphatic rings. The first-order valence-electron chi connectivity index (χ1n) is 33.7. The highest BCUT2D eigenvalue weighted by atomic mass is 32.2. The van der Waals surface area contributed by atoms with Crippen molar-refractivity contribution in [1.29, 1.82) is 0 Å². The Kier molecular flexibility index (Phi) is 24.9. The number of hydrogen-bond acceptors (Lipinski definition) is 9. The number of ether oxygens (including phenoxy) is 3. The van der Waals surface area contributed by atoms with Crippen molar-refractivity contribution < 1.29 is 28.1 Å². The molecule has 0 radical (unpaired) electrons. The van der Waals surface area contributed by atoms with Crippen LogP contribution in [0, 0.1) is 58.1 Å². The lowest BCUT2D eigenvalue weighted by Crippen LogP contribution is -2.33. The molecule has 9 rings (SSSR count). The van der Waals surface area contributed by atoms with E-state index < -0.39 is 39.4 Å². The van der Waals surface area contributed by atoms with E-state index in [0.717, 1.165) is 123 Å². The minimum absolute atomic E-state index is 0.228. The molecule has 0 aromatic heterocycles. The molecule has 11 heteroatoms. The number of unbranched alkanes of at least 4 members (excludes halogenated alkanes) is 15. The lowest BCUT2D eigenvalue weighted by Gasteiger charge is -2.30. The number of halogens is 2. The molecule has 8 aromatic rings. The van der Waals surface area contributed by atoms with Crippen molar-refractivity contribution >= 4 is 50.8 Å². The molecule has 8 aromatic carbocycles. The van der Waals surface area contributed by atoms with Gasteiger partial charge in [0.25, 0.3) is 5.43 Å². The van der Waals surface area contributed by atoms with E-state index in [-0.39, 0.29) is 11.2 Å². The molecule has 0 fully saturated rings. The highest BCUT2D eigenvalue weighted by Crippen LogP contribution is 2.56. The Labute approximate surface area is 549 Å². The summed E-state index contributed by atoms with van der Waals surface area (Å²) in [6.45, 7) is 19.3. The third kappa shape index (κ3) is 17.3. The highest BCUT2D eigenvalue weighted by Gasteiger charge is 2.33. The van der Waals surface area contributed by atoms with E-state index in [1.54, 1.807) is 11.8 Å². The van der Waals surface area contributed by atoms with Crippen molar-refractivity contribution in [3.05, 3.63) is 227 Å². The number of thioether (sulfide) groups is 1. The molecule has 1 heterocycles. The van der Waals surface area contributed by atoms with Crippen LogP contribution in [0.3, 0.4) is 0 Å². The topological polar surface area (TPSA) is 88.5 Å². The molecule has 8 nitrogen and oxygen atoms in total. The van der Waals surface area contributed by atoms with Crippen LogP contribution in [0.2, 0.25) is 0 Å². The van der Waals surface area contributed by atoms with Gasteiger partial charge in [0.05, 0.1) is 31.1 Å². The van der Waals surface area contributed by atoms with Gasteiger partial charge in [-0.05, 0) is 166 Å². The van der Waals surface area contributed by atoms with E-state index in [1.807, 2.05) is 0 Å². The molecule has 482 valence electrons. The number of hydrogen-bond donors (Lipinski definition) is 1. The average Bonchev–Trinajstić information content (AvgIpc) is 1.33. The molecule has 2 atom stereocenters. The van der Waals surface area contributed by atoms with Crippen LogP contribution in [0.4, 0.5) is 42.9 Å². The molecule has 1 aliphatic heterocycles. The maximum absolute atomic E-state index is 16.2. The number of aryl methyl sites for hydroxylation is 5. The zero-order valence-electron chi connectivity index (χ0n) is 55.3. The lowest BCUT2D eigenvalue weighted by atomic mass is 9.90. The maximum Gasteiger partial charge on any atom is 0.270 e. The molecule has 2 unspecified atom stereocenters. The van der Waals surface area contributed by atoms with Crippen LogP contribution < -0.4 is 34.9 Å². The Hall–Kier alpha value is -8.07. The molecular weight excluding hydrogens is 1170 g/mol. The van der Waals surface area contributed by atoms with E-state index in [2.05, 4.69) is 204 Å². The fourth-order valence-electron chi connectivity index (χ4n) is 12.3. The summed E-state index contributed by atoms with van der Waals surface area (Å²) in [7, 11) is 0. The first kappa shape index (κ1) is 68.3. The van der Waals surface area contributed by atoms with Crippen molar-refractivity contribution in [3.63, 3.8) is 0 Å². The quantitative estimate of drug-likeness (QED) is 0.0245. The number of anilines is 6. The Morgan fingerprint density at radius 3 is 1.37 bits per heavy atom. The summed E-state index contributed by atoms with van der Waals surface area (Å²) >= 11 is 1.54. The van der Waals surface area contributed by atoms with Crippen LogP contribution in [0.25, 0.3) is 4.91 Å². The average molecular weight is 1260 g/mol. The van der Waals surface area contributed by atoms with Crippen LogP contribution in [-0.4, -0.2) is 24.9 Å². The fourth-order valence-corrected chi connectivity index (χ4v) is 13.7. The van der Waals surface area contributed by atoms with Gasteiger partial charge >= 0.3 is 0 Å². The second kappa shape index (κ2) is 33.5. The number of allylic oxidation sites excluding steroid dienone is 1. The highest BCUT2D eigenvalue weighted by molar-refractivity contribution is 8.08. The van der Waals surface area contributed by atoms with Crippen molar-refractivity contribution in [3.8, 4) is 34.8 Å². The summed E-state index contributed by atoms with van der Waals surface area (Å²) in [4.78, 5) is 29.0. The second-order valence-electron chi connectivity index (χ2n) is 24.9. The molecule has 0 aliphatic carbocycles. The molecule has 0 spiro atoms. The van der Waals surface area contributed by atoms with Crippen molar-refractivity contribution in [2.24, 2.45) is 0 Å². The zero-order valence-corrected chi connectivity index (χ0v) is 56.1. The normalized spacial score (nSPS) is 13.7. The largest absolute Gasteiger partial charge is 0.503 e. The van der Waals surface area contributed by atoms with E-state index in [1.165, 1.54) is 94.7 Å². The standard InChI is InChI=1S/C81H92F2N2O6S/c1-9-12-15-18-21-24-45-89-65-37-43-74(59(8)50-65)84(72-41-27-55(4)48-57(72)6)63-35-31-61(32-36-63)81-69(54-77(92-81)62-51-70(82)67(71(83)52-62)39-40-68-78(86)80(88)79(68)87)60-29-33-64(34-30-60)85(73-42-28-56(5)49-58(73)7)75-44-38-66(90-46-25-22-19-16-13-10-2)53-76(75)91-47-26-23-20-17-14-11-3/h27-38,41-44,48-54,69,81,86H,9-26,45-47H2,1-8H3. The summed E-state index contributed by atoms with van der Waals surface area (Å²) in [5.41, 5.74) is 10.8. The Morgan fingerprint density at radius 1 is 0.457 bits per heavy atom. The Bertz CT molecular complexity index is 3910. The number of rotatable bonds is 33. The number of nitrogens with zero attached hydrogens (tertiary/aromatic N) is 2. The molecule has 0 bridgehead atoms. The summed E-state index contributed by atoms with van der Waals surface area (Å²) in [5.74, 6) is 4.15. The molecule has 0 amide bonds. The predicted molar refractivity (Wildman–Crippen MR) is 379 cm³/mol. The third-order valence-corrected chi connectivity index (χ3v) is 19.0. The van der Waals surface area contributed by atoms with Gasteiger partial charge in [0.1, 0.15) is 34.4 Å². The van der Waals surface area contributed by atoms with Crippen molar-refractivity contribution in [1.82, 2.24) is 0 Å². The van der Waals surface area contributed by atoms with Gasteiger partial charge in [0.2, 0.25) is 5.43 Å². The number of aromatic hydroxyl groups is 1. The lowest BCUT2D eigenvalue weighted by molar-refractivity contribution is 0.290. The Balaban J connectivity index is 1.08. The van der Waals surface area contributed by atoms with E-state index in [0.29, 0.717) is 30.3 Å². The predicted octanol–water partition coefficient (Wildman–Crippen LogP) is 22.0. The molecular formula is C81H92F2N2O6S. The fraction of sp³-hybridized carbons (Fsp3) is 0.383. The minimum atomic E-state index is -1.07. The molecule has 0 saturated heterocycles. The number of benzene rings is 7. The van der Waals surface area contributed by atoms with Gasteiger partial charge in [-0.15, -0.1) is 11.8 Å². The van der Waals surface area contributed by atoms with Crippen LogP contribution in [0.1, 0.15) is 203 Å². The third-order valence-electron chi connectivity index (χ3n) is 17.5. The first-order chi connectivity index (χ1) is 44.7. The summed E-state index contributed by atoms with van der Waals surface area (Å²) in [6.07, 6.45) is 23.3. The van der Waals surface area contributed by atoms with Gasteiger partial charge in [0.15, 0.2) is 5.75 Å². The molecule has 0 saturated carbocycles. The molecule has 1 N–H and O–H groups in total. The van der Waals surface area contributed by atoms with Gasteiger partial charge in [-0.2, -0.15) is 0 Å². The smallest absolute Gasteiger partial charge is 0.270 e. The van der Waals surface area contributed by atoms with Crippen LogP contribution in [0.15, 0.2) is 149 Å². The van der Waals surface area contributed by atoms with Crippen LogP contribution in [0.5, 0.6) is 23.0 Å². The van der Waals surface area contributed by atoms with E-state index in [9.17, 15) is 14.7 Å². The van der Waals surface area contributed by atoms with Gasteiger partial charge in [0, 0.05) is 50.6 Å². The monoisotopic (exact) mass is 1260 g/mol. The SMILES string of the molecule is CCCCCCCCOc1ccc(N(c2ccc(C3SC(c4cc(F)c(C#Cc5c(O)c(=O)c5=O)c(F)c4)=CC3c3ccc(N(c4ccc(C)cc4C)c4ccc(OCCCCCCCC)cc4OCCCCCCCC)cc3)cc2)c2ccc(C)cc2C)c(C)c1. The van der Waals surface area contributed by atoms with Crippen molar-refractivity contribution in [2.75, 3.05) is 29.6 Å². The second-order valence-corrected chi connectivity index (χ2v) is 26.1. The minimum Gasteiger partial charge on any atom is -0.503 e. The Morgan fingerprint density at radius 2 is 0.880 bits per heavy atom. The molecule has 92 heavy (non-hydrogen) atoms. The zero-order chi connectivity index (χ0) is 65.1. The first-order valence-corrected chi connectivity index (χ1v) is 34.6. The van der Waals surface area contributed by atoms with Gasteiger partial charge < -0.3 is 29.1 Å². The summed E-state index contributed by atoms with van der Waals surface area (Å²) in [5, 5.41) is 9.69. The van der Waals surface area contributed by atoms with E-state index >= 15 is 8.78 Å². The van der Waals surface area contributed by atoms with Gasteiger partial charge in [-0.25, -0.2) is 8.78 Å². The van der Waals surface area contributed by atoms with Crippen molar-refractivity contribution in [2.45, 2.75) is 182 Å². The summed E-state index contributed by atoms with van der Waals surface area (Å²) < 4.78 is 51.9. The van der Waals surface area contributed by atoms with E-state index in [4.69, 9.17) is 14.2 Å². The van der Waals surface area contributed by atoms with Gasteiger partial charge in [-0.3, -0.25) is 9.59 Å². The maximum atomic E-state index is 16.2. The summed E-state index contributed by atoms with van der Waals surface area (Å²) in [6, 6.07) is 45.5. The van der Waals surface area contributed by atoms with Crippen LogP contribution in [-0.2, 0) is 0 Å². The van der Waals surface area contributed by atoms with Crippen LogP contribution >= 0.6 is 11.8 Å². The van der Waals surface area contributed by atoms with Gasteiger partial charge in [-0.1, -0.05) is 195 Å².